The first-order valence-corrected chi connectivity index (χ1v) is 8.60. The number of rotatable bonds is 5. The van der Waals surface area contributed by atoms with Crippen LogP contribution in [0.15, 0.2) is 33.4 Å². The predicted molar refractivity (Wildman–Crippen MR) is 91.4 cm³/mol. The lowest BCUT2D eigenvalue weighted by atomic mass is 9.72. The van der Waals surface area contributed by atoms with E-state index in [2.05, 4.69) is 16.7 Å². The van der Waals surface area contributed by atoms with E-state index in [0.717, 1.165) is 11.8 Å². The van der Waals surface area contributed by atoms with Crippen LogP contribution >= 0.6 is 11.8 Å². The molecule has 2 atom stereocenters. The molecule has 1 aromatic heterocycles. The fourth-order valence-corrected chi connectivity index (χ4v) is 3.55. The van der Waals surface area contributed by atoms with Gasteiger partial charge in [-0.15, -0.1) is 0 Å². The molecular weight excluding hydrogens is 340 g/mol. The summed E-state index contributed by atoms with van der Waals surface area (Å²) in [5.41, 5.74) is -0.609. The highest BCUT2D eigenvalue weighted by molar-refractivity contribution is 8.03. The summed E-state index contributed by atoms with van der Waals surface area (Å²) in [6.07, 6.45) is 1.53. The average Bonchev–Trinajstić information content (AvgIpc) is 3.07. The van der Waals surface area contributed by atoms with Crippen molar-refractivity contribution in [1.29, 1.82) is 10.5 Å². The third-order valence-electron chi connectivity index (χ3n) is 4.03. The smallest absolute Gasteiger partial charge is 0.243 e. The number of hydrogen-bond donors (Lipinski definition) is 2. The first-order chi connectivity index (χ1) is 11.8. The fourth-order valence-electron chi connectivity index (χ4n) is 2.56. The van der Waals surface area contributed by atoms with Gasteiger partial charge in [-0.2, -0.15) is 10.5 Å². The number of thioether (sulfide) groups is 1. The van der Waals surface area contributed by atoms with Crippen molar-refractivity contribution in [2.24, 2.45) is 11.3 Å². The molecule has 0 aromatic carbocycles. The van der Waals surface area contributed by atoms with E-state index in [1.165, 1.54) is 6.26 Å². The maximum Gasteiger partial charge on any atom is 0.243 e. The lowest BCUT2D eigenvalue weighted by Crippen LogP contribution is -2.44. The molecule has 2 rings (SSSR count). The fraction of sp³-hybridized carbons (Fsp3) is 0.412. The molecule has 2 amide bonds. The third-order valence-corrected chi connectivity index (χ3v) is 5.03. The van der Waals surface area contributed by atoms with Gasteiger partial charge in [0, 0.05) is 5.41 Å². The Kier molecular flexibility index (Phi) is 5.55. The van der Waals surface area contributed by atoms with E-state index in [1.807, 2.05) is 6.07 Å². The number of furan rings is 1. The number of allylic oxidation sites excluding steroid dienone is 1. The van der Waals surface area contributed by atoms with Gasteiger partial charge in [-0.1, -0.05) is 25.6 Å². The molecule has 0 fully saturated rings. The van der Waals surface area contributed by atoms with Crippen LogP contribution in [-0.2, 0) is 9.59 Å². The molecule has 0 aliphatic carbocycles. The quantitative estimate of drug-likeness (QED) is 0.833. The van der Waals surface area contributed by atoms with E-state index in [9.17, 15) is 20.1 Å². The summed E-state index contributed by atoms with van der Waals surface area (Å²) in [4.78, 5) is 24.2. The third kappa shape index (κ3) is 3.86. The zero-order valence-corrected chi connectivity index (χ0v) is 14.9. The highest BCUT2D eigenvalue weighted by atomic mass is 32.2. The monoisotopic (exact) mass is 358 g/mol. The number of carbonyl (C=O) groups is 2. The van der Waals surface area contributed by atoms with Crippen LogP contribution in [-0.4, -0.2) is 17.6 Å². The summed E-state index contributed by atoms with van der Waals surface area (Å²) in [6.45, 7) is 5.15. The molecule has 1 aliphatic heterocycles. The molecular formula is C17H18N4O3S. The summed E-state index contributed by atoms with van der Waals surface area (Å²) in [5.74, 6) is -0.996. The largest absolute Gasteiger partial charge is 0.467 e. The van der Waals surface area contributed by atoms with Gasteiger partial charge >= 0.3 is 0 Å². The van der Waals surface area contributed by atoms with Gasteiger partial charge in [0.1, 0.15) is 11.7 Å². The lowest BCUT2D eigenvalue weighted by molar-refractivity contribution is -0.125. The van der Waals surface area contributed by atoms with E-state index < -0.39 is 17.2 Å². The van der Waals surface area contributed by atoms with Crippen LogP contribution in [0.1, 0.15) is 32.6 Å². The van der Waals surface area contributed by atoms with Crippen molar-refractivity contribution in [1.82, 2.24) is 10.6 Å². The Hall–Kier alpha value is -2.71. The predicted octanol–water partition coefficient (Wildman–Crippen LogP) is 2.22. The Morgan fingerprint density at radius 1 is 1.52 bits per heavy atom. The normalized spacial score (nSPS) is 20.2. The maximum atomic E-state index is 12.1. The number of nitrogens with one attached hydrogen (secondary N) is 2. The van der Waals surface area contributed by atoms with E-state index >= 15 is 0 Å². The van der Waals surface area contributed by atoms with Crippen molar-refractivity contribution in [3.05, 3.63) is 34.8 Å². The topological polar surface area (TPSA) is 119 Å². The first-order valence-electron chi connectivity index (χ1n) is 7.62. The van der Waals surface area contributed by atoms with Crippen LogP contribution in [0.4, 0.5) is 0 Å². The van der Waals surface area contributed by atoms with Crippen LogP contribution < -0.4 is 10.6 Å². The van der Waals surface area contributed by atoms with Crippen molar-refractivity contribution in [2.45, 2.75) is 26.8 Å². The van der Waals surface area contributed by atoms with Crippen LogP contribution in [0.3, 0.4) is 0 Å². The average molecular weight is 358 g/mol. The first kappa shape index (κ1) is 18.6. The number of hydrogen-bond acceptors (Lipinski definition) is 6. The van der Waals surface area contributed by atoms with Crippen LogP contribution in [0.5, 0.6) is 0 Å². The number of carbonyl (C=O) groups excluding carboxylic acids is 2. The molecule has 1 aliphatic rings. The maximum absolute atomic E-state index is 12.1. The number of nitriles is 2. The van der Waals surface area contributed by atoms with Crippen molar-refractivity contribution in [2.75, 3.05) is 5.75 Å². The molecule has 0 saturated carbocycles. The van der Waals surface area contributed by atoms with Gasteiger partial charge in [0.15, 0.2) is 0 Å². The highest BCUT2D eigenvalue weighted by Gasteiger charge is 2.44. The summed E-state index contributed by atoms with van der Waals surface area (Å²) in [7, 11) is 0. The molecule has 7 nitrogen and oxygen atoms in total. The Morgan fingerprint density at radius 2 is 2.24 bits per heavy atom. The molecule has 0 spiro atoms. The van der Waals surface area contributed by atoms with E-state index in [1.54, 1.807) is 32.9 Å². The molecule has 2 heterocycles. The minimum Gasteiger partial charge on any atom is -0.467 e. The van der Waals surface area contributed by atoms with Gasteiger partial charge in [0.2, 0.25) is 11.8 Å². The van der Waals surface area contributed by atoms with Crippen LogP contribution in [0.25, 0.3) is 0 Å². The van der Waals surface area contributed by atoms with Gasteiger partial charge in [-0.25, -0.2) is 0 Å². The van der Waals surface area contributed by atoms with Crippen molar-refractivity contribution in [3.8, 4) is 12.1 Å². The van der Waals surface area contributed by atoms with Crippen LogP contribution in [0, 0.1) is 34.0 Å². The summed E-state index contributed by atoms with van der Waals surface area (Å²) < 4.78 is 5.23. The molecule has 0 unspecified atom stereocenters. The Morgan fingerprint density at radius 3 is 2.80 bits per heavy atom. The van der Waals surface area contributed by atoms with Crippen molar-refractivity contribution < 1.29 is 14.0 Å². The van der Waals surface area contributed by atoms with E-state index in [4.69, 9.17) is 4.42 Å². The van der Waals surface area contributed by atoms with Crippen LogP contribution in [0.2, 0.25) is 0 Å². The van der Waals surface area contributed by atoms with Gasteiger partial charge in [-0.3, -0.25) is 9.59 Å². The summed E-state index contributed by atoms with van der Waals surface area (Å²) in [6, 6.07) is 7.22. The molecule has 0 bridgehead atoms. The molecule has 25 heavy (non-hydrogen) atoms. The molecule has 2 N–H and O–H groups in total. The van der Waals surface area contributed by atoms with E-state index in [-0.39, 0.29) is 17.7 Å². The highest BCUT2D eigenvalue weighted by Crippen LogP contribution is 2.41. The second-order valence-corrected chi connectivity index (χ2v) is 7.17. The Bertz CT molecular complexity index is 784. The summed E-state index contributed by atoms with van der Waals surface area (Å²) in [5, 5.41) is 24.3. The Balaban J connectivity index is 2.07. The molecule has 1 aromatic rings. The van der Waals surface area contributed by atoms with Gasteiger partial charge < -0.3 is 15.1 Å². The van der Waals surface area contributed by atoms with Gasteiger partial charge in [0.25, 0.3) is 0 Å². The second-order valence-electron chi connectivity index (χ2n) is 6.18. The van der Waals surface area contributed by atoms with Crippen molar-refractivity contribution in [3.63, 3.8) is 0 Å². The minimum atomic E-state index is -0.945. The summed E-state index contributed by atoms with van der Waals surface area (Å²) >= 11 is 1.07. The van der Waals surface area contributed by atoms with E-state index in [0.29, 0.717) is 16.4 Å². The lowest BCUT2D eigenvalue weighted by Gasteiger charge is -2.34. The standard InChI is InChI=1S/C17H18N4O3S/c1-10(13-5-4-6-24-13)20-14(22)9-25-16-12(8-19)17(2,3)11(7-18)15(23)21-16/h4-6,10-11H,9H2,1-3H3,(H,20,22)(H,21,23)/t10-,11+/m0/s1. The molecule has 130 valence electrons. The minimum absolute atomic E-state index is 0.0269. The second kappa shape index (κ2) is 7.45. The molecule has 0 saturated heterocycles. The number of nitrogens with zero attached hydrogens (tertiary/aromatic N) is 2. The molecule has 0 radical (unpaired) electrons. The zero-order chi connectivity index (χ0) is 18.6. The Labute approximate surface area is 150 Å². The SMILES string of the molecule is C[C@H](NC(=O)CSC1=C(C#N)C(C)(C)[C@H](C#N)C(=O)N1)c1ccco1. The van der Waals surface area contributed by atoms with Gasteiger partial charge in [-0.05, 0) is 19.1 Å². The van der Waals surface area contributed by atoms with Crippen molar-refractivity contribution >= 4 is 23.6 Å². The number of amides is 2. The molecule has 8 heteroatoms. The van der Waals surface area contributed by atoms with Gasteiger partial charge in [0.05, 0.1) is 40.8 Å². The zero-order valence-electron chi connectivity index (χ0n) is 14.1.